The van der Waals surface area contributed by atoms with E-state index < -0.39 is 16.6 Å². The first-order valence-corrected chi connectivity index (χ1v) is 16.0. The number of rotatable bonds is 8. The molecule has 0 radical (unpaired) electrons. The average Bonchev–Trinajstić information content (AvgIpc) is 2.43. The van der Waals surface area contributed by atoms with Crippen molar-refractivity contribution in [2.75, 3.05) is 6.61 Å². The molecule has 1 aliphatic rings. The Morgan fingerprint density at radius 1 is 1.07 bits per heavy atom. The summed E-state index contributed by atoms with van der Waals surface area (Å²) >= 11 is 0. The van der Waals surface area contributed by atoms with E-state index in [0.29, 0.717) is 6.61 Å². The standard InChI is InChI=1S/C21H43NO3Si2/c1-13-16(14-24-26(9,10)20(3,4)5)18-17(19(23)22-18)15(2)25-27(11,12)21(6,7)8/h13,15-18H,1,14H2,2-12H3,(H,22,23)/t15-,16-,17-,18-/m1/s1. The van der Waals surface area contributed by atoms with Crippen molar-refractivity contribution in [3.63, 3.8) is 0 Å². The van der Waals surface area contributed by atoms with Crippen LogP contribution in [0.3, 0.4) is 0 Å². The molecule has 0 unspecified atom stereocenters. The Morgan fingerprint density at radius 2 is 1.56 bits per heavy atom. The molecule has 6 heteroatoms. The normalized spacial score (nSPS) is 24.0. The van der Waals surface area contributed by atoms with Crippen molar-refractivity contribution < 1.29 is 13.6 Å². The molecule has 4 nitrogen and oxygen atoms in total. The zero-order valence-electron chi connectivity index (χ0n) is 19.5. The summed E-state index contributed by atoms with van der Waals surface area (Å²) in [5.74, 6) is 0.0582. The summed E-state index contributed by atoms with van der Waals surface area (Å²) < 4.78 is 12.9. The van der Waals surface area contributed by atoms with Crippen LogP contribution in [0.1, 0.15) is 48.5 Å². The van der Waals surface area contributed by atoms with E-state index >= 15 is 0 Å². The SMILES string of the molecule is C=C[C@H](CO[Si](C)(C)C(C)(C)C)[C@H]1NC(=O)[C@@H]1[C@@H](C)O[Si](C)(C)C(C)(C)C. The van der Waals surface area contributed by atoms with E-state index in [1.54, 1.807) is 0 Å². The summed E-state index contributed by atoms with van der Waals surface area (Å²) in [6.07, 6.45) is 1.84. The van der Waals surface area contributed by atoms with Crippen molar-refractivity contribution in [1.82, 2.24) is 5.32 Å². The second kappa shape index (κ2) is 8.13. The highest BCUT2D eigenvalue weighted by molar-refractivity contribution is 6.74. The van der Waals surface area contributed by atoms with Gasteiger partial charge in [-0.2, -0.15) is 0 Å². The Balaban J connectivity index is 2.83. The molecule has 1 N–H and O–H groups in total. The fraction of sp³-hybridized carbons (Fsp3) is 0.857. The highest BCUT2D eigenvalue weighted by Crippen LogP contribution is 2.40. The van der Waals surface area contributed by atoms with Gasteiger partial charge in [0.2, 0.25) is 5.91 Å². The smallest absolute Gasteiger partial charge is 0.228 e. The number of amides is 1. The van der Waals surface area contributed by atoms with Crippen LogP contribution in [0.4, 0.5) is 0 Å². The van der Waals surface area contributed by atoms with Crippen molar-refractivity contribution in [1.29, 1.82) is 0 Å². The molecule has 1 aliphatic heterocycles. The quantitative estimate of drug-likeness (QED) is 0.332. The van der Waals surface area contributed by atoms with Gasteiger partial charge in [-0.3, -0.25) is 4.79 Å². The number of nitrogens with one attached hydrogen (secondary N) is 1. The van der Waals surface area contributed by atoms with Gasteiger partial charge in [0.1, 0.15) is 0 Å². The van der Waals surface area contributed by atoms with Gasteiger partial charge in [-0.15, -0.1) is 6.58 Å². The van der Waals surface area contributed by atoms with Gasteiger partial charge in [-0.25, -0.2) is 0 Å². The molecule has 1 saturated heterocycles. The second-order valence-corrected chi connectivity index (χ2v) is 20.7. The van der Waals surface area contributed by atoms with E-state index in [2.05, 4.69) is 79.6 Å². The molecule has 4 atom stereocenters. The van der Waals surface area contributed by atoms with Gasteiger partial charge in [0.25, 0.3) is 0 Å². The molecule has 1 rings (SSSR count). The number of carbonyl (C=O) groups excluding carboxylic acids is 1. The summed E-state index contributed by atoms with van der Waals surface area (Å²) in [6, 6.07) is 0.0412. The molecule has 1 amide bonds. The highest BCUT2D eigenvalue weighted by Gasteiger charge is 2.50. The van der Waals surface area contributed by atoms with Crippen molar-refractivity contribution >= 4 is 22.5 Å². The zero-order chi connectivity index (χ0) is 21.4. The number of hydrogen-bond acceptors (Lipinski definition) is 3. The van der Waals surface area contributed by atoms with Gasteiger partial charge >= 0.3 is 0 Å². The lowest BCUT2D eigenvalue weighted by atomic mass is 9.78. The van der Waals surface area contributed by atoms with Gasteiger partial charge < -0.3 is 14.2 Å². The van der Waals surface area contributed by atoms with Crippen LogP contribution in [0.15, 0.2) is 12.7 Å². The molecule has 1 heterocycles. The third-order valence-electron chi connectivity index (χ3n) is 7.00. The molecule has 0 saturated carbocycles. The average molecular weight is 414 g/mol. The maximum atomic E-state index is 12.4. The van der Waals surface area contributed by atoms with Crippen LogP contribution in [0.25, 0.3) is 0 Å². The lowest BCUT2D eigenvalue weighted by Crippen LogP contribution is -2.66. The predicted octanol–water partition coefficient (Wildman–Crippen LogP) is 5.34. The summed E-state index contributed by atoms with van der Waals surface area (Å²) in [5.41, 5.74) is 0. The molecule has 27 heavy (non-hydrogen) atoms. The van der Waals surface area contributed by atoms with E-state index in [1.807, 2.05) is 13.0 Å². The number of carbonyl (C=O) groups is 1. The van der Waals surface area contributed by atoms with Gasteiger partial charge in [0.15, 0.2) is 16.6 Å². The van der Waals surface area contributed by atoms with E-state index in [1.165, 1.54) is 0 Å². The third kappa shape index (κ3) is 5.55. The Labute approximate surface area is 169 Å². The van der Waals surface area contributed by atoms with Gasteiger partial charge in [-0.1, -0.05) is 47.6 Å². The Hall–Kier alpha value is -0.436. The maximum Gasteiger partial charge on any atom is 0.228 e. The Kier molecular flexibility index (Phi) is 7.41. The summed E-state index contributed by atoms with van der Waals surface area (Å²) in [5, 5.41) is 3.38. The first-order chi connectivity index (χ1) is 11.9. The molecule has 0 aromatic heterocycles. The largest absolute Gasteiger partial charge is 0.416 e. The summed E-state index contributed by atoms with van der Waals surface area (Å²) in [7, 11) is -3.75. The molecular formula is C21H43NO3Si2. The lowest BCUT2D eigenvalue weighted by molar-refractivity contribution is -0.141. The van der Waals surface area contributed by atoms with Gasteiger partial charge in [0.05, 0.1) is 18.1 Å². The minimum atomic E-state index is -1.92. The fourth-order valence-electron chi connectivity index (χ4n) is 2.85. The van der Waals surface area contributed by atoms with E-state index in [0.717, 1.165) is 0 Å². The van der Waals surface area contributed by atoms with Crippen LogP contribution in [0.5, 0.6) is 0 Å². The maximum absolute atomic E-state index is 12.4. The predicted molar refractivity (Wildman–Crippen MR) is 120 cm³/mol. The fourth-order valence-corrected chi connectivity index (χ4v) is 5.32. The van der Waals surface area contributed by atoms with Crippen molar-refractivity contribution in [3.05, 3.63) is 12.7 Å². The number of β-lactam (4-membered cyclic amide) rings is 1. The minimum Gasteiger partial charge on any atom is -0.416 e. The second-order valence-electron chi connectivity index (χ2n) is 11.1. The molecule has 0 bridgehead atoms. The van der Waals surface area contributed by atoms with Crippen LogP contribution < -0.4 is 5.32 Å². The molecule has 0 aromatic carbocycles. The lowest BCUT2D eigenvalue weighted by Gasteiger charge is -2.48. The zero-order valence-corrected chi connectivity index (χ0v) is 21.5. The Bertz CT molecular complexity index is 547. The van der Waals surface area contributed by atoms with E-state index in [-0.39, 0.29) is 40.0 Å². The molecule has 0 aromatic rings. The van der Waals surface area contributed by atoms with E-state index in [9.17, 15) is 4.79 Å². The van der Waals surface area contributed by atoms with E-state index in [4.69, 9.17) is 8.85 Å². The van der Waals surface area contributed by atoms with Crippen molar-refractivity contribution in [2.24, 2.45) is 11.8 Å². The highest BCUT2D eigenvalue weighted by atomic mass is 28.4. The van der Waals surface area contributed by atoms with Crippen LogP contribution in [0, 0.1) is 11.8 Å². The Morgan fingerprint density at radius 3 is 1.93 bits per heavy atom. The van der Waals surface area contributed by atoms with Crippen LogP contribution in [-0.2, 0) is 13.6 Å². The van der Waals surface area contributed by atoms with Crippen LogP contribution in [-0.4, -0.2) is 41.3 Å². The molecule has 0 spiro atoms. The first kappa shape index (κ1) is 24.6. The molecule has 1 fully saturated rings. The van der Waals surface area contributed by atoms with Gasteiger partial charge in [-0.05, 0) is 43.2 Å². The van der Waals surface area contributed by atoms with Crippen LogP contribution >= 0.6 is 0 Å². The monoisotopic (exact) mass is 413 g/mol. The summed E-state index contributed by atoms with van der Waals surface area (Å²) in [4.78, 5) is 12.4. The van der Waals surface area contributed by atoms with Crippen molar-refractivity contribution in [2.45, 2.75) is 96.9 Å². The first-order valence-electron chi connectivity index (χ1n) is 10.2. The summed E-state index contributed by atoms with van der Waals surface area (Å²) in [6.45, 7) is 29.1. The molecule has 158 valence electrons. The van der Waals surface area contributed by atoms with Crippen molar-refractivity contribution in [3.8, 4) is 0 Å². The minimum absolute atomic E-state index is 0.0412. The van der Waals surface area contributed by atoms with Crippen LogP contribution in [0.2, 0.25) is 36.3 Å². The topological polar surface area (TPSA) is 47.6 Å². The number of hydrogen-bond donors (Lipinski definition) is 1. The van der Waals surface area contributed by atoms with Gasteiger partial charge in [0, 0.05) is 12.5 Å². The third-order valence-corrected chi connectivity index (χ3v) is 16.1. The molecular weight excluding hydrogens is 370 g/mol. The molecule has 0 aliphatic carbocycles.